The number of urea groups is 1. The monoisotopic (exact) mass is 441 g/mol. The van der Waals surface area contributed by atoms with Crippen LogP contribution in [0.4, 0.5) is 10.5 Å². The van der Waals surface area contributed by atoms with Crippen LogP contribution in [0, 0.1) is 5.92 Å². The van der Waals surface area contributed by atoms with Gasteiger partial charge in [-0.1, -0.05) is 32.3 Å². The number of H-pyrrole nitrogens is 1. The van der Waals surface area contributed by atoms with E-state index in [1.165, 1.54) is 6.33 Å². The molecule has 2 heterocycles. The van der Waals surface area contributed by atoms with E-state index in [2.05, 4.69) is 36.0 Å². The molecule has 170 valence electrons. The van der Waals surface area contributed by atoms with Crippen LogP contribution in [0.3, 0.4) is 0 Å². The number of hydrogen-bond donors (Lipinski definition) is 3. The molecule has 0 aliphatic carbocycles. The highest BCUT2D eigenvalue weighted by Gasteiger charge is 2.23. The van der Waals surface area contributed by atoms with Gasteiger partial charge in [-0.2, -0.15) is 10.1 Å². The van der Waals surface area contributed by atoms with Crippen LogP contribution in [0.15, 0.2) is 35.1 Å². The average molecular weight is 441 g/mol. The van der Waals surface area contributed by atoms with E-state index in [1.807, 2.05) is 20.8 Å². The first-order valence-electron chi connectivity index (χ1n) is 10.5. The number of amides is 2. The summed E-state index contributed by atoms with van der Waals surface area (Å²) >= 11 is 0. The Morgan fingerprint density at radius 3 is 2.66 bits per heavy atom. The van der Waals surface area contributed by atoms with Gasteiger partial charge in [0.2, 0.25) is 11.7 Å². The molecular formula is C21H27N7O4. The van der Waals surface area contributed by atoms with Gasteiger partial charge in [0.15, 0.2) is 5.82 Å². The second-order valence-corrected chi connectivity index (χ2v) is 7.64. The van der Waals surface area contributed by atoms with E-state index in [-0.39, 0.29) is 23.6 Å². The van der Waals surface area contributed by atoms with Gasteiger partial charge in [-0.05, 0) is 43.0 Å². The molecule has 0 aliphatic rings. The van der Waals surface area contributed by atoms with Gasteiger partial charge in [-0.3, -0.25) is 5.10 Å². The van der Waals surface area contributed by atoms with E-state index in [0.29, 0.717) is 30.1 Å². The molecule has 0 radical (unpaired) electrons. The third-order valence-electron chi connectivity index (χ3n) is 4.49. The summed E-state index contributed by atoms with van der Waals surface area (Å²) in [5.74, 6) is 0.783. The maximum atomic E-state index is 12.6. The van der Waals surface area contributed by atoms with Crippen LogP contribution in [0.1, 0.15) is 62.3 Å². The average Bonchev–Trinajstić information content (AvgIpc) is 3.45. The molecule has 11 nitrogen and oxygen atoms in total. The summed E-state index contributed by atoms with van der Waals surface area (Å²) in [6.07, 6.45) is 3.71. The molecule has 32 heavy (non-hydrogen) atoms. The van der Waals surface area contributed by atoms with Gasteiger partial charge in [0.1, 0.15) is 12.4 Å². The van der Waals surface area contributed by atoms with E-state index >= 15 is 0 Å². The minimum atomic E-state index is -0.494. The number of nitrogens with one attached hydrogen (secondary N) is 3. The molecule has 2 aromatic heterocycles. The standard InChI is InChI=1S/C21H27N7O4/c1-4-5-10-31-20(29)14-6-8-15(9-7-14)24-21(30)25-16(11-13(2)3)19-26-18(28-32-19)17-22-12-23-27-17/h6-9,12-13,16H,4-5,10-11H2,1-3H3,(H,22,23,27)(H2,24,25,30)/t16-/m0/s1. The normalized spacial score (nSPS) is 11.9. The lowest BCUT2D eigenvalue weighted by atomic mass is 10.0. The second kappa shape index (κ2) is 11.0. The van der Waals surface area contributed by atoms with Gasteiger partial charge >= 0.3 is 12.0 Å². The van der Waals surface area contributed by atoms with Crippen LogP contribution in [0.25, 0.3) is 11.6 Å². The predicted molar refractivity (Wildman–Crippen MR) is 116 cm³/mol. The Kier molecular flexibility index (Phi) is 7.90. The number of carbonyl (C=O) groups is 2. The number of anilines is 1. The molecule has 0 bridgehead atoms. The van der Waals surface area contributed by atoms with Crippen molar-refractivity contribution in [2.45, 2.75) is 46.1 Å². The van der Waals surface area contributed by atoms with Crippen molar-refractivity contribution in [1.29, 1.82) is 0 Å². The highest BCUT2D eigenvalue weighted by molar-refractivity contribution is 5.92. The SMILES string of the molecule is CCCCOC(=O)c1ccc(NC(=O)N[C@@H](CC(C)C)c2nc(-c3ncn[nH]3)no2)cc1. The van der Waals surface area contributed by atoms with E-state index in [9.17, 15) is 9.59 Å². The van der Waals surface area contributed by atoms with Crippen molar-refractivity contribution < 1.29 is 18.8 Å². The Morgan fingerprint density at radius 1 is 1.22 bits per heavy atom. The quantitative estimate of drug-likeness (QED) is 0.318. The molecule has 0 saturated carbocycles. The van der Waals surface area contributed by atoms with Crippen LogP contribution in [-0.2, 0) is 4.74 Å². The summed E-state index contributed by atoms with van der Waals surface area (Å²) in [5.41, 5.74) is 0.958. The number of aromatic amines is 1. The summed E-state index contributed by atoms with van der Waals surface area (Å²) in [6.45, 7) is 6.47. The van der Waals surface area contributed by atoms with Crippen molar-refractivity contribution in [3.8, 4) is 11.6 Å². The molecular weight excluding hydrogens is 414 g/mol. The topological polar surface area (TPSA) is 148 Å². The van der Waals surface area contributed by atoms with Gasteiger partial charge in [0, 0.05) is 5.69 Å². The lowest BCUT2D eigenvalue weighted by Crippen LogP contribution is -2.33. The Morgan fingerprint density at radius 2 is 2.00 bits per heavy atom. The molecule has 0 aliphatic heterocycles. The molecule has 0 fully saturated rings. The lowest BCUT2D eigenvalue weighted by molar-refractivity contribution is 0.0499. The van der Waals surface area contributed by atoms with Crippen molar-refractivity contribution in [1.82, 2.24) is 30.6 Å². The lowest BCUT2D eigenvalue weighted by Gasteiger charge is -2.17. The number of benzene rings is 1. The number of hydrogen-bond acceptors (Lipinski definition) is 8. The summed E-state index contributed by atoms with van der Waals surface area (Å²) < 4.78 is 10.5. The molecule has 2 amide bonds. The summed E-state index contributed by atoms with van der Waals surface area (Å²) in [7, 11) is 0. The van der Waals surface area contributed by atoms with Gasteiger partial charge in [-0.25, -0.2) is 14.6 Å². The zero-order chi connectivity index (χ0) is 22.9. The fraction of sp³-hybridized carbons (Fsp3) is 0.429. The van der Waals surface area contributed by atoms with Crippen LogP contribution in [0.2, 0.25) is 0 Å². The fourth-order valence-electron chi connectivity index (χ4n) is 2.89. The Labute approximate surface area is 185 Å². The first-order valence-corrected chi connectivity index (χ1v) is 10.5. The number of nitrogens with zero attached hydrogens (tertiary/aromatic N) is 4. The van der Waals surface area contributed by atoms with Crippen molar-refractivity contribution in [3.63, 3.8) is 0 Å². The Bertz CT molecular complexity index is 1000. The van der Waals surface area contributed by atoms with E-state index in [1.54, 1.807) is 24.3 Å². The largest absolute Gasteiger partial charge is 0.462 e. The first-order chi connectivity index (χ1) is 15.5. The van der Waals surface area contributed by atoms with Gasteiger partial charge in [0.25, 0.3) is 0 Å². The van der Waals surface area contributed by atoms with Crippen molar-refractivity contribution >= 4 is 17.7 Å². The number of rotatable bonds is 10. The van der Waals surface area contributed by atoms with Gasteiger partial charge in [0.05, 0.1) is 12.2 Å². The van der Waals surface area contributed by atoms with Crippen molar-refractivity contribution in [3.05, 3.63) is 42.0 Å². The second-order valence-electron chi connectivity index (χ2n) is 7.64. The molecule has 11 heteroatoms. The molecule has 1 atom stereocenters. The predicted octanol–water partition coefficient (Wildman–Crippen LogP) is 3.72. The summed E-state index contributed by atoms with van der Waals surface area (Å²) in [6, 6.07) is 5.57. The maximum Gasteiger partial charge on any atom is 0.338 e. The van der Waals surface area contributed by atoms with Crippen LogP contribution < -0.4 is 10.6 Å². The maximum absolute atomic E-state index is 12.6. The highest BCUT2D eigenvalue weighted by Crippen LogP contribution is 2.22. The number of aromatic nitrogens is 5. The summed E-state index contributed by atoms with van der Waals surface area (Å²) in [4.78, 5) is 32.9. The van der Waals surface area contributed by atoms with E-state index in [4.69, 9.17) is 9.26 Å². The third kappa shape index (κ3) is 6.37. The number of carbonyl (C=O) groups excluding carboxylic acids is 2. The van der Waals surface area contributed by atoms with Crippen LogP contribution in [-0.4, -0.2) is 43.9 Å². The van der Waals surface area contributed by atoms with Gasteiger partial charge in [-0.15, -0.1) is 0 Å². The third-order valence-corrected chi connectivity index (χ3v) is 4.49. The van der Waals surface area contributed by atoms with E-state index in [0.717, 1.165) is 12.8 Å². The zero-order valence-electron chi connectivity index (χ0n) is 18.3. The minimum Gasteiger partial charge on any atom is -0.462 e. The Balaban J connectivity index is 1.61. The molecule has 3 rings (SSSR count). The molecule has 0 saturated heterocycles. The van der Waals surface area contributed by atoms with Crippen molar-refractivity contribution in [2.75, 3.05) is 11.9 Å². The van der Waals surface area contributed by atoms with Gasteiger partial charge < -0.3 is 19.9 Å². The van der Waals surface area contributed by atoms with Crippen molar-refractivity contribution in [2.24, 2.45) is 5.92 Å². The number of ether oxygens (including phenoxy) is 1. The summed E-state index contributed by atoms with van der Waals surface area (Å²) in [5, 5.41) is 15.9. The number of unbranched alkanes of at least 4 members (excludes halogenated alkanes) is 1. The molecule has 0 unspecified atom stereocenters. The smallest absolute Gasteiger partial charge is 0.338 e. The molecule has 3 aromatic rings. The van der Waals surface area contributed by atoms with E-state index < -0.39 is 12.1 Å². The number of esters is 1. The molecule has 0 spiro atoms. The minimum absolute atomic E-state index is 0.259. The fourth-order valence-corrected chi connectivity index (χ4v) is 2.89. The molecule has 1 aromatic carbocycles. The van der Waals surface area contributed by atoms with Crippen LogP contribution >= 0.6 is 0 Å². The van der Waals surface area contributed by atoms with Crippen LogP contribution in [0.5, 0.6) is 0 Å². The zero-order valence-corrected chi connectivity index (χ0v) is 18.3. The molecule has 3 N–H and O–H groups in total. The highest BCUT2D eigenvalue weighted by atomic mass is 16.5. The first kappa shape index (κ1) is 22.9. The Hall–Kier alpha value is -3.76.